The van der Waals surface area contributed by atoms with Gasteiger partial charge in [-0.1, -0.05) is 116 Å². The Labute approximate surface area is 383 Å². The van der Waals surface area contributed by atoms with Crippen LogP contribution in [0, 0.1) is 0 Å². The van der Waals surface area contributed by atoms with Crippen molar-refractivity contribution in [1.29, 1.82) is 0 Å². The normalized spacial score (nSPS) is 18.2. The summed E-state index contributed by atoms with van der Waals surface area (Å²) < 4.78 is 43.8. The van der Waals surface area contributed by atoms with Gasteiger partial charge in [-0.2, -0.15) is 0 Å². The lowest BCUT2D eigenvalue weighted by molar-refractivity contribution is -0.284. The highest BCUT2D eigenvalue weighted by Gasteiger charge is 2.56. The fourth-order valence-corrected chi connectivity index (χ4v) is 7.44. The van der Waals surface area contributed by atoms with E-state index < -0.39 is 66.7 Å². The van der Waals surface area contributed by atoms with E-state index in [0.29, 0.717) is 24.2 Å². The Balaban J connectivity index is 1.36. The smallest absolute Gasteiger partial charge is 0.338 e. The van der Waals surface area contributed by atoms with Crippen molar-refractivity contribution < 1.29 is 57.1 Å². The summed E-state index contributed by atoms with van der Waals surface area (Å²) >= 11 is 0. The molecule has 1 fully saturated rings. The van der Waals surface area contributed by atoms with E-state index in [-0.39, 0.29) is 28.9 Å². The van der Waals surface area contributed by atoms with Crippen molar-refractivity contribution >= 4 is 29.8 Å². The highest BCUT2D eigenvalue weighted by atomic mass is 16.7. The average molecular weight is 891 g/mol. The minimum absolute atomic E-state index is 0.0994. The summed E-state index contributed by atoms with van der Waals surface area (Å²) in [5.74, 6) is -3.30. The van der Waals surface area contributed by atoms with Crippen LogP contribution in [0.4, 0.5) is 0 Å². The van der Waals surface area contributed by atoms with Gasteiger partial charge in [-0.15, -0.1) is 0 Å². The van der Waals surface area contributed by atoms with Crippen LogP contribution in [0.1, 0.15) is 84.5 Å². The molecule has 0 bridgehead atoms. The van der Waals surface area contributed by atoms with E-state index in [1.54, 1.807) is 134 Å². The standard InChI is InChI=1S/C54H50O12/c1-4-37-25-27-38(28-26-37)33-44-30-29-39(31-32-60-36(3)55)34-45(44)62-54-49(65-53(59)43-23-15-8-16-24-43)48(64-52(58)42-21-13-7-14-22-42)47(63-51(57)41-19-11-6-12-20-41)46(66-54)35(2)61-50(56)40-17-9-5-10-18-40/h5-30,34-35,46-49,54H,4,31-33H2,1-3H3/t35-,46-,47-,48+,49-,54-/m1/s1. The fraction of sp³-hybridized carbons (Fsp3) is 0.241. The number of rotatable bonds is 17. The van der Waals surface area contributed by atoms with E-state index in [9.17, 15) is 24.0 Å². The van der Waals surface area contributed by atoms with Gasteiger partial charge in [0, 0.05) is 19.8 Å². The van der Waals surface area contributed by atoms with Crippen molar-refractivity contribution in [2.24, 2.45) is 0 Å². The fourth-order valence-electron chi connectivity index (χ4n) is 7.44. The lowest BCUT2D eigenvalue weighted by atomic mass is 9.94. The molecule has 0 spiro atoms. The summed E-state index contributed by atoms with van der Waals surface area (Å²) in [6.07, 6.45) is -7.39. The van der Waals surface area contributed by atoms with Crippen LogP contribution in [0.3, 0.4) is 0 Å². The van der Waals surface area contributed by atoms with E-state index in [1.165, 1.54) is 12.5 Å². The SMILES string of the molecule is CCc1ccc(Cc2ccc(CCOC(C)=O)cc2O[C@@H]2O[C@H]([C@@H](C)OC(=O)c3ccccc3)[C@@H](OC(=O)c3ccccc3)[C@H](OC(=O)c3ccccc3)[C@H]2OC(=O)c2ccccc2)cc1. The van der Waals surface area contributed by atoms with Crippen molar-refractivity contribution in [3.63, 3.8) is 0 Å². The van der Waals surface area contributed by atoms with E-state index >= 15 is 0 Å². The Morgan fingerprint density at radius 1 is 0.545 bits per heavy atom. The van der Waals surface area contributed by atoms with Crippen LogP contribution in [-0.4, -0.2) is 73.3 Å². The third-order valence-electron chi connectivity index (χ3n) is 11.0. The van der Waals surface area contributed by atoms with Gasteiger partial charge in [-0.3, -0.25) is 4.79 Å². The first-order chi connectivity index (χ1) is 32.1. The second kappa shape index (κ2) is 22.4. The molecule has 0 radical (unpaired) electrons. The van der Waals surface area contributed by atoms with Crippen LogP contribution in [0.15, 0.2) is 164 Å². The number of hydrogen-bond acceptors (Lipinski definition) is 12. The number of benzene rings is 6. The first-order valence-electron chi connectivity index (χ1n) is 21.8. The van der Waals surface area contributed by atoms with Gasteiger partial charge in [-0.25, -0.2) is 19.2 Å². The quantitative estimate of drug-likeness (QED) is 0.0636. The van der Waals surface area contributed by atoms with Crippen molar-refractivity contribution in [2.75, 3.05) is 6.61 Å². The largest absolute Gasteiger partial charge is 0.466 e. The number of carbonyl (C=O) groups is 5. The zero-order valence-electron chi connectivity index (χ0n) is 36.8. The van der Waals surface area contributed by atoms with E-state index in [0.717, 1.165) is 17.5 Å². The second-order valence-corrected chi connectivity index (χ2v) is 15.7. The number of esters is 5. The molecule has 1 heterocycles. The van der Waals surface area contributed by atoms with Crippen LogP contribution in [0.25, 0.3) is 0 Å². The van der Waals surface area contributed by atoms with Gasteiger partial charge in [0.25, 0.3) is 0 Å². The van der Waals surface area contributed by atoms with Gasteiger partial charge in [0.15, 0.2) is 12.2 Å². The Morgan fingerprint density at radius 3 is 1.50 bits per heavy atom. The summed E-state index contributed by atoms with van der Waals surface area (Å²) in [6, 6.07) is 46.5. The lowest BCUT2D eigenvalue weighted by Gasteiger charge is -2.45. The monoisotopic (exact) mass is 890 g/mol. The predicted molar refractivity (Wildman–Crippen MR) is 243 cm³/mol. The third kappa shape index (κ3) is 12.2. The highest BCUT2D eigenvalue weighted by Crippen LogP contribution is 2.36. The molecule has 1 saturated heterocycles. The van der Waals surface area contributed by atoms with Crippen molar-refractivity contribution in [1.82, 2.24) is 0 Å². The summed E-state index contributed by atoms with van der Waals surface area (Å²) in [5, 5.41) is 0. The van der Waals surface area contributed by atoms with Crippen LogP contribution in [0.5, 0.6) is 5.75 Å². The molecule has 0 saturated carbocycles. The van der Waals surface area contributed by atoms with Gasteiger partial charge in [-0.05, 0) is 90.2 Å². The number of carbonyl (C=O) groups excluding carboxylic acids is 5. The molecular formula is C54H50O12. The first-order valence-corrected chi connectivity index (χ1v) is 21.8. The lowest BCUT2D eigenvalue weighted by Crippen LogP contribution is -2.65. The minimum Gasteiger partial charge on any atom is -0.466 e. The second-order valence-electron chi connectivity index (χ2n) is 15.7. The Kier molecular flexibility index (Phi) is 15.7. The van der Waals surface area contributed by atoms with Gasteiger partial charge in [0.1, 0.15) is 18.0 Å². The van der Waals surface area contributed by atoms with Gasteiger partial charge in [0.05, 0.1) is 28.9 Å². The molecule has 1 aliphatic rings. The van der Waals surface area contributed by atoms with Crippen molar-refractivity contribution in [2.45, 2.75) is 76.8 Å². The number of hydrogen-bond donors (Lipinski definition) is 0. The number of aryl methyl sites for hydroxylation is 1. The summed E-state index contributed by atoms with van der Waals surface area (Å²) in [7, 11) is 0. The van der Waals surface area contributed by atoms with Gasteiger partial charge < -0.3 is 33.2 Å². The van der Waals surface area contributed by atoms with E-state index in [4.69, 9.17) is 33.2 Å². The topological polar surface area (TPSA) is 150 Å². The Hall–Kier alpha value is -7.57. The molecule has 0 unspecified atom stereocenters. The summed E-state index contributed by atoms with van der Waals surface area (Å²) in [6.45, 7) is 5.06. The average Bonchev–Trinajstić information content (AvgIpc) is 3.34. The summed E-state index contributed by atoms with van der Waals surface area (Å²) in [4.78, 5) is 67.8. The Bertz CT molecular complexity index is 2570. The van der Waals surface area contributed by atoms with Gasteiger partial charge in [0.2, 0.25) is 12.4 Å². The maximum absolute atomic E-state index is 14.2. The first kappa shape index (κ1) is 46.4. The predicted octanol–water partition coefficient (Wildman–Crippen LogP) is 8.97. The van der Waals surface area contributed by atoms with Crippen molar-refractivity contribution in [3.05, 3.63) is 208 Å². The highest BCUT2D eigenvalue weighted by molar-refractivity contribution is 5.91. The van der Waals surface area contributed by atoms with E-state index in [2.05, 4.69) is 19.1 Å². The molecule has 6 aromatic carbocycles. The van der Waals surface area contributed by atoms with Crippen molar-refractivity contribution in [3.8, 4) is 5.75 Å². The Morgan fingerprint density at radius 2 is 1.00 bits per heavy atom. The molecular weight excluding hydrogens is 841 g/mol. The summed E-state index contributed by atoms with van der Waals surface area (Å²) in [5.41, 5.74) is 4.32. The molecule has 0 N–H and O–H groups in total. The van der Waals surface area contributed by atoms with Crippen LogP contribution in [-0.2, 0) is 52.5 Å². The molecule has 0 aromatic heterocycles. The molecule has 7 rings (SSSR count). The molecule has 12 heteroatoms. The van der Waals surface area contributed by atoms with Crippen LogP contribution >= 0.6 is 0 Å². The molecule has 6 aromatic rings. The third-order valence-corrected chi connectivity index (χ3v) is 11.0. The zero-order valence-corrected chi connectivity index (χ0v) is 36.8. The molecule has 66 heavy (non-hydrogen) atoms. The van der Waals surface area contributed by atoms with Gasteiger partial charge >= 0.3 is 29.8 Å². The molecule has 1 aliphatic heterocycles. The van der Waals surface area contributed by atoms with Crippen LogP contribution in [0.2, 0.25) is 0 Å². The molecule has 338 valence electrons. The molecule has 0 amide bonds. The zero-order chi connectivity index (χ0) is 46.4. The van der Waals surface area contributed by atoms with E-state index in [1.807, 2.05) is 24.3 Å². The van der Waals surface area contributed by atoms with Crippen LogP contribution < -0.4 is 4.74 Å². The number of ether oxygens (including phenoxy) is 7. The molecule has 12 nitrogen and oxygen atoms in total. The molecule has 0 aliphatic carbocycles. The maximum Gasteiger partial charge on any atom is 0.338 e. The maximum atomic E-state index is 14.2. The minimum atomic E-state index is -1.63. The molecule has 6 atom stereocenters.